The van der Waals surface area contributed by atoms with Gasteiger partial charge in [-0.05, 0) is 18.1 Å². The van der Waals surface area contributed by atoms with Crippen LogP contribution in [-0.2, 0) is 4.79 Å². The molecule has 1 aliphatic heterocycles. The van der Waals surface area contributed by atoms with Gasteiger partial charge in [-0.3, -0.25) is 9.79 Å². The largest absolute Gasteiger partial charge is 0.368 e. The molecule has 0 saturated carbocycles. The lowest BCUT2D eigenvalue weighted by atomic mass is 10.2. The van der Waals surface area contributed by atoms with Gasteiger partial charge in [-0.2, -0.15) is 0 Å². The molecular formula is C18H29N5O. The van der Waals surface area contributed by atoms with Gasteiger partial charge in [0.05, 0.1) is 6.54 Å². The minimum atomic E-state index is 0.121. The average Bonchev–Trinajstić information content (AvgIpc) is 2.62. The number of carbonyl (C=O) groups excluding carboxylic acids is 1. The lowest BCUT2D eigenvalue weighted by Gasteiger charge is -2.36. The fourth-order valence-corrected chi connectivity index (χ4v) is 2.65. The number of anilines is 1. The summed E-state index contributed by atoms with van der Waals surface area (Å²) in [4.78, 5) is 20.7. The van der Waals surface area contributed by atoms with Gasteiger partial charge in [0.25, 0.3) is 0 Å². The summed E-state index contributed by atoms with van der Waals surface area (Å²) < 4.78 is 0. The molecule has 1 aromatic rings. The molecule has 0 atom stereocenters. The second-order valence-corrected chi connectivity index (χ2v) is 6.40. The van der Waals surface area contributed by atoms with E-state index in [9.17, 15) is 4.79 Å². The van der Waals surface area contributed by atoms with Crippen LogP contribution < -0.4 is 15.5 Å². The second-order valence-electron chi connectivity index (χ2n) is 6.40. The van der Waals surface area contributed by atoms with E-state index in [1.165, 1.54) is 5.69 Å². The van der Waals surface area contributed by atoms with Crippen LogP contribution in [-0.4, -0.2) is 63.1 Å². The number of para-hydroxylation sites is 1. The molecule has 0 aliphatic carbocycles. The number of benzene rings is 1. The Labute approximate surface area is 144 Å². The SMILES string of the molecule is CN=C(NCC(=O)N1CCN(c2ccccc2)CC1)NCC(C)C. The van der Waals surface area contributed by atoms with E-state index in [2.05, 4.69) is 46.5 Å². The number of piperazine rings is 1. The second kappa shape index (κ2) is 9.15. The molecule has 2 rings (SSSR count). The predicted octanol–water partition coefficient (Wildman–Crippen LogP) is 1.16. The highest BCUT2D eigenvalue weighted by Gasteiger charge is 2.21. The van der Waals surface area contributed by atoms with Gasteiger partial charge in [0.2, 0.25) is 5.91 Å². The molecule has 1 aliphatic rings. The van der Waals surface area contributed by atoms with E-state index in [1.54, 1.807) is 7.05 Å². The van der Waals surface area contributed by atoms with Crippen molar-refractivity contribution in [3.05, 3.63) is 30.3 Å². The maximum absolute atomic E-state index is 12.4. The summed E-state index contributed by atoms with van der Waals surface area (Å²) in [5.41, 5.74) is 1.22. The minimum Gasteiger partial charge on any atom is -0.368 e. The Bertz CT molecular complexity index is 536. The number of hydrogen-bond donors (Lipinski definition) is 2. The highest BCUT2D eigenvalue weighted by molar-refractivity contribution is 5.86. The molecule has 6 heteroatoms. The molecule has 0 spiro atoms. The first-order chi connectivity index (χ1) is 11.6. The van der Waals surface area contributed by atoms with Crippen molar-refractivity contribution >= 4 is 17.6 Å². The van der Waals surface area contributed by atoms with Crippen LogP contribution in [0.4, 0.5) is 5.69 Å². The van der Waals surface area contributed by atoms with E-state index in [1.807, 2.05) is 23.1 Å². The van der Waals surface area contributed by atoms with Gasteiger partial charge in [0.15, 0.2) is 5.96 Å². The van der Waals surface area contributed by atoms with Crippen molar-refractivity contribution in [2.45, 2.75) is 13.8 Å². The summed E-state index contributed by atoms with van der Waals surface area (Å²) in [7, 11) is 1.72. The third-order valence-corrected chi connectivity index (χ3v) is 4.06. The Kier molecular flexibility index (Phi) is 6.90. The zero-order valence-corrected chi connectivity index (χ0v) is 15.0. The van der Waals surface area contributed by atoms with Crippen LogP contribution in [0.2, 0.25) is 0 Å². The first kappa shape index (κ1) is 18.1. The number of aliphatic imine (C=N–C) groups is 1. The highest BCUT2D eigenvalue weighted by atomic mass is 16.2. The highest BCUT2D eigenvalue weighted by Crippen LogP contribution is 2.15. The van der Waals surface area contributed by atoms with Crippen molar-refractivity contribution in [2.75, 3.05) is 51.2 Å². The number of guanidine groups is 1. The number of carbonyl (C=O) groups is 1. The Morgan fingerprint density at radius 1 is 1.12 bits per heavy atom. The van der Waals surface area contributed by atoms with Crippen molar-refractivity contribution in [3.8, 4) is 0 Å². The van der Waals surface area contributed by atoms with E-state index in [4.69, 9.17) is 0 Å². The van der Waals surface area contributed by atoms with Gasteiger partial charge in [-0.25, -0.2) is 0 Å². The molecule has 6 nitrogen and oxygen atoms in total. The van der Waals surface area contributed by atoms with Gasteiger partial charge in [0.1, 0.15) is 0 Å². The molecular weight excluding hydrogens is 302 g/mol. The predicted molar refractivity (Wildman–Crippen MR) is 99.4 cm³/mol. The lowest BCUT2D eigenvalue weighted by Crippen LogP contribution is -2.52. The maximum Gasteiger partial charge on any atom is 0.242 e. The monoisotopic (exact) mass is 331 g/mol. The van der Waals surface area contributed by atoms with Crippen LogP contribution in [0.15, 0.2) is 35.3 Å². The first-order valence-corrected chi connectivity index (χ1v) is 8.62. The van der Waals surface area contributed by atoms with Gasteiger partial charge in [-0.1, -0.05) is 32.0 Å². The van der Waals surface area contributed by atoms with Crippen molar-refractivity contribution in [3.63, 3.8) is 0 Å². The van der Waals surface area contributed by atoms with E-state index in [-0.39, 0.29) is 12.5 Å². The van der Waals surface area contributed by atoms with Gasteiger partial charge in [0, 0.05) is 45.5 Å². The van der Waals surface area contributed by atoms with E-state index in [0.717, 1.165) is 32.7 Å². The Morgan fingerprint density at radius 2 is 1.79 bits per heavy atom. The Balaban J connectivity index is 1.74. The fourth-order valence-electron chi connectivity index (χ4n) is 2.65. The third-order valence-electron chi connectivity index (χ3n) is 4.06. The lowest BCUT2D eigenvalue weighted by molar-refractivity contribution is -0.130. The quantitative estimate of drug-likeness (QED) is 0.628. The topological polar surface area (TPSA) is 60.0 Å². The van der Waals surface area contributed by atoms with Crippen LogP contribution in [0.3, 0.4) is 0 Å². The zero-order chi connectivity index (χ0) is 17.4. The molecule has 132 valence electrons. The van der Waals surface area contributed by atoms with Crippen LogP contribution in [0.5, 0.6) is 0 Å². The maximum atomic E-state index is 12.4. The van der Waals surface area contributed by atoms with Gasteiger partial charge < -0.3 is 20.4 Å². The molecule has 1 saturated heterocycles. The fraction of sp³-hybridized carbons (Fsp3) is 0.556. The van der Waals surface area contributed by atoms with Crippen molar-refractivity contribution in [2.24, 2.45) is 10.9 Å². The number of nitrogens with zero attached hydrogens (tertiary/aromatic N) is 3. The number of rotatable bonds is 5. The smallest absolute Gasteiger partial charge is 0.242 e. The van der Waals surface area contributed by atoms with Crippen molar-refractivity contribution in [1.82, 2.24) is 15.5 Å². The summed E-state index contributed by atoms with van der Waals surface area (Å²) in [6.07, 6.45) is 0. The minimum absolute atomic E-state index is 0.121. The van der Waals surface area contributed by atoms with E-state index < -0.39 is 0 Å². The average molecular weight is 331 g/mol. The van der Waals surface area contributed by atoms with E-state index >= 15 is 0 Å². The number of hydrogen-bond acceptors (Lipinski definition) is 3. The standard InChI is InChI=1S/C18H29N5O/c1-15(2)13-20-18(19-3)21-14-17(24)23-11-9-22(10-12-23)16-7-5-4-6-8-16/h4-8,15H,9-14H2,1-3H3,(H2,19,20,21). The van der Waals surface area contributed by atoms with Gasteiger partial charge >= 0.3 is 0 Å². The Hall–Kier alpha value is -2.24. The zero-order valence-electron chi connectivity index (χ0n) is 15.0. The molecule has 1 aromatic carbocycles. The summed E-state index contributed by atoms with van der Waals surface area (Å²) in [5, 5.41) is 6.31. The summed E-state index contributed by atoms with van der Waals surface area (Å²) in [5.74, 6) is 1.33. The van der Waals surface area contributed by atoms with Crippen LogP contribution >= 0.6 is 0 Å². The summed E-state index contributed by atoms with van der Waals surface area (Å²) in [6, 6.07) is 10.3. The first-order valence-electron chi connectivity index (χ1n) is 8.62. The molecule has 0 unspecified atom stereocenters. The molecule has 0 aromatic heterocycles. The number of nitrogens with one attached hydrogen (secondary N) is 2. The van der Waals surface area contributed by atoms with Crippen LogP contribution in [0, 0.1) is 5.92 Å². The Morgan fingerprint density at radius 3 is 2.38 bits per heavy atom. The third kappa shape index (κ3) is 5.44. The number of amides is 1. The normalized spacial score (nSPS) is 15.6. The molecule has 1 heterocycles. The van der Waals surface area contributed by atoms with E-state index in [0.29, 0.717) is 11.9 Å². The molecule has 0 radical (unpaired) electrons. The summed E-state index contributed by atoms with van der Waals surface area (Å²) >= 11 is 0. The van der Waals surface area contributed by atoms with Gasteiger partial charge in [-0.15, -0.1) is 0 Å². The summed E-state index contributed by atoms with van der Waals surface area (Å²) in [6.45, 7) is 8.65. The van der Waals surface area contributed by atoms with Crippen LogP contribution in [0.25, 0.3) is 0 Å². The molecule has 24 heavy (non-hydrogen) atoms. The van der Waals surface area contributed by atoms with Crippen molar-refractivity contribution < 1.29 is 4.79 Å². The van der Waals surface area contributed by atoms with Crippen molar-refractivity contribution in [1.29, 1.82) is 0 Å². The molecule has 1 amide bonds. The molecule has 1 fully saturated rings. The molecule has 0 bridgehead atoms. The van der Waals surface area contributed by atoms with Crippen LogP contribution in [0.1, 0.15) is 13.8 Å². The molecule has 2 N–H and O–H groups in total.